The van der Waals surface area contributed by atoms with E-state index in [2.05, 4.69) is 25.4 Å². The number of aromatic nitrogens is 5. The first-order valence-electron chi connectivity index (χ1n) is 7.33. The molecule has 8 heteroatoms. The van der Waals surface area contributed by atoms with Crippen molar-refractivity contribution in [2.24, 2.45) is 7.05 Å². The monoisotopic (exact) mass is 313 g/mol. The van der Waals surface area contributed by atoms with E-state index in [1.165, 1.54) is 0 Å². The highest BCUT2D eigenvalue weighted by molar-refractivity contribution is 5.86. The Balaban J connectivity index is 1.71. The van der Waals surface area contributed by atoms with Crippen molar-refractivity contribution >= 4 is 22.8 Å². The van der Waals surface area contributed by atoms with Gasteiger partial charge in [0.25, 0.3) is 0 Å². The van der Waals surface area contributed by atoms with Crippen molar-refractivity contribution in [2.75, 3.05) is 11.1 Å². The van der Waals surface area contributed by atoms with Crippen LogP contribution in [0.3, 0.4) is 0 Å². The number of hydrogen-bond donors (Lipinski definition) is 2. The van der Waals surface area contributed by atoms with Crippen molar-refractivity contribution in [1.82, 2.24) is 24.7 Å². The molecule has 3 rings (SSSR count). The summed E-state index contributed by atoms with van der Waals surface area (Å²) in [5.74, 6) is 1.48. The van der Waals surface area contributed by atoms with Crippen LogP contribution in [0.1, 0.15) is 19.4 Å². The summed E-state index contributed by atoms with van der Waals surface area (Å²) < 4.78 is 7.18. The Labute approximate surface area is 133 Å². The van der Waals surface area contributed by atoms with E-state index in [1.807, 2.05) is 33.0 Å². The van der Waals surface area contributed by atoms with E-state index in [1.54, 1.807) is 17.1 Å². The third-order valence-electron chi connectivity index (χ3n) is 3.23. The Morgan fingerprint density at radius 2 is 2.09 bits per heavy atom. The Morgan fingerprint density at radius 3 is 2.78 bits per heavy atom. The van der Waals surface area contributed by atoms with E-state index in [9.17, 15) is 0 Å². The quantitative estimate of drug-likeness (QED) is 0.739. The molecule has 0 aliphatic carbocycles. The van der Waals surface area contributed by atoms with E-state index >= 15 is 0 Å². The van der Waals surface area contributed by atoms with E-state index in [0.29, 0.717) is 29.8 Å². The third kappa shape index (κ3) is 3.31. The second-order valence-electron chi connectivity index (χ2n) is 5.46. The van der Waals surface area contributed by atoms with Gasteiger partial charge in [-0.3, -0.25) is 4.68 Å². The standard InChI is InChI=1S/C15H19N7O/c1-9(2)23-12-5-4-10(6-17-12)7-18-15-20-13(16)11-8-19-22(3)14(11)21-15/h4-6,8-9H,7H2,1-3H3,(H3,16,18,20,21). The van der Waals surface area contributed by atoms with Gasteiger partial charge >= 0.3 is 0 Å². The summed E-state index contributed by atoms with van der Waals surface area (Å²) in [4.78, 5) is 12.9. The van der Waals surface area contributed by atoms with Crippen LogP contribution in [0.25, 0.3) is 11.0 Å². The van der Waals surface area contributed by atoms with Crippen LogP contribution < -0.4 is 15.8 Å². The molecule has 0 unspecified atom stereocenters. The lowest BCUT2D eigenvalue weighted by Gasteiger charge is -2.09. The number of ether oxygens (including phenoxy) is 1. The van der Waals surface area contributed by atoms with Crippen molar-refractivity contribution in [3.05, 3.63) is 30.1 Å². The highest BCUT2D eigenvalue weighted by atomic mass is 16.5. The second kappa shape index (κ2) is 6.07. The fourth-order valence-electron chi connectivity index (χ4n) is 2.13. The van der Waals surface area contributed by atoms with Crippen LogP contribution in [0, 0.1) is 0 Å². The van der Waals surface area contributed by atoms with E-state index in [0.717, 1.165) is 10.9 Å². The number of nitrogens with two attached hydrogens (primary N) is 1. The number of nitrogen functional groups attached to an aromatic ring is 1. The minimum absolute atomic E-state index is 0.105. The average molecular weight is 313 g/mol. The molecule has 0 saturated carbocycles. The first-order chi connectivity index (χ1) is 11.0. The molecule has 0 amide bonds. The zero-order chi connectivity index (χ0) is 16.4. The van der Waals surface area contributed by atoms with Crippen molar-refractivity contribution in [2.45, 2.75) is 26.5 Å². The molecule has 3 aromatic heterocycles. The molecule has 0 aliphatic rings. The van der Waals surface area contributed by atoms with Gasteiger partial charge in [0.2, 0.25) is 11.8 Å². The van der Waals surface area contributed by atoms with Crippen LogP contribution in [0.5, 0.6) is 5.88 Å². The fraction of sp³-hybridized carbons (Fsp3) is 0.333. The van der Waals surface area contributed by atoms with E-state index in [-0.39, 0.29) is 6.10 Å². The zero-order valence-corrected chi connectivity index (χ0v) is 13.3. The number of anilines is 2. The third-order valence-corrected chi connectivity index (χ3v) is 3.23. The molecule has 0 atom stereocenters. The van der Waals surface area contributed by atoms with Gasteiger partial charge in [-0.25, -0.2) is 4.98 Å². The summed E-state index contributed by atoms with van der Waals surface area (Å²) in [6.45, 7) is 4.47. The predicted octanol–water partition coefficient (Wildman–Crippen LogP) is 1.74. The summed E-state index contributed by atoms with van der Waals surface area (Å²) >= 11 is 0. The van der Waals surface area contributed by atoms with Gasteiger partial charge in [0, 0.05) is 25.9 Å². The molecule has 3 N–H and O–H groups in total. The minimum Gasteiger partial charge on any atom is -0.475 e. The second-order valence-corrected chi connectivity index (χ2v) is 5.46. The molecule has 0 fully saturated rings. The number of hydrogen-bond acceptors (Lipinski definition) is 7. The summed E-state index contributed by atoms with van der Waals surface area (Å²) in [6.07, 6.45) is 3.52. The Kier molecular flexibility index (Phi) is 3.96. The molecule has 0 spiro atoms. The zero-order valence-electron chi connectivity index (χ0n) is 13.3. The molecule has 23 heavy (non-hydrogen) atoms. The molecule has 0 aromatic carbocycles. The van der Waals surface area contributed by atoms with Crippen LogP contribution in [0.4, 0.5) is 11.8 Å². The maximum absolute atomic E-state index is 5.93. The minimum atomic E-state index is 0.105. The van der Waals surface area contributed by atoms with Crippen LogP contribution in [0.15, 0.2) is 24.5 Å². The lowest BCUT2D eigenvalue weighted by Crippen LogP contribution is -2.08. The maximum atomic E-state index is 5.93. The van der Waals surface area contributed by atoms with Crippen LogP contribution in [0.2, 0.25) is 0 Å². The summed E-state index contributed by atoms with van der Waals surface area (Å²) in [5, 5.41) is 8.02. The van der Waals surface area contributed by atoms with Crippen molar-refractivity contribution < 1.29 is 4.74 Å². The number of nitrogens with zero attached hydrogens (tertiary/aromatic N) is 5. The number of nitrogens with one attached hydrogen (secondary N) is 1. The van der Waals surface area contributed by atoms with Crippen LogP contribution in [-0.2, 0) is 13.6 Å². The number of fused-ring (bicyclic) bond motifs is 1. The first kappa shape index (κ1) is 15.0. The number of pyridine rings is 1. The van der Waals surface area contributed by atoms with Gasteiger partial charge in [0.15, 0.2) is 5.65 Å². The fourth-order valence-corrected chi connectivity index (χ4v) is 2.13. The van der Waals surface area contributed by atoms with Crippen molar-refractivity contribution in [1.29, 1.82) is 0 Å². The number of rotatable bonds is 5. The Hall–Kier alpha value is -2.90. The van der Waals surface area contributed by atoms with Gasteiger partial charge in [-0.15, -0.1) is 0 Å². The van der Waals surface area contributed by atoms with Gasteiger partial charge in [-0.05, 0) is 19.4 Å². The molecule has 0 aliphatic heterocycles. The molecule has 3 heterocycles. The maximum Gasteiger partial charge on any atom is 0.226 e. The molecular weight excluding hydrogens is 294 g/mol. The molecule has 8 nitrogen and oxygen atoms in total. The molecule has 0 saturated heterocycles. The van der Waals surface area contributed by atoms with Crippen LogP contribution in [-0.4, -0.2) is 30.8 Å². The first-order valence-corrected chi connectivity index (χ1v) is 7.33. The van der Waals surface area contributed by atoms with Crippen molar-refractivity contribution in [3.8, 4) is 5.88 Å². The largest absolute Gasteiger partial charge is 0.475 e. The topological polar surface area (TPSA) is 104 Å². The average Bonchev–Trinajstić information content (AvgIpc) is 2.88. The molecule has 120 valence electrons. The van der Waals surface area contributed by atoms with Gasteiger partial charge in [-0.2, -0.15) is 15.1 Å². The number of aryl methyl sites for hydroxylation is 1. The van der Waals surface area contributed by atoms with Crippen LogP contribution >= 0.6 is 0 Å². The highest BCUT2D eigenvalue weighted by Crippen LogP contribution is 2.18. The SMILES string of the molecule is CC(C)Oc1ccc(CNc2nc(N)c3cnn(C)c3n2)cn1. The molecule has 0 radical (unpaired) electrons. The van der Waals surface area contributed by atoms with Crippen molar-refractivity contribution in [3.63, 3.8) is 0 Å². The molecule has 3 aromatic rings. The summed E-state index contributed by atoms with van der Waals surface area (Å²) in [7, 11) is 1.82. The predicted molar refractivity (Wildman–Crippen MR) is 88.0 cm³/mol. The molecular formula is C15H19N7O. The summed E-state index contributed by atoms with van der Waals surface area (Å²) in [6, 6.07) is 3.79. The van der Waals surface area contributed by atoms with Gasteiger partial charge in [0.05, 0.1) is 17.7 Å². The molecule has 0 bridgehead atoms. The van der Waals surface area contributed by atoms with E-state index in [4.69, 9.17) is 10.5 Å². The van der Waals surface area contributed by atoms with Gasteiger partial charge in [-0.1, -0.05) is 6.07 Å². The smallest absolute Gasteiger partial charge is 0.226 e. The van der Waals surface area contributed by atoms with Gasteiger partial charge in [0.1, 0.15) is 5.82 Å². The lowest BCUT2D eigenvalue weighted by molar-refractivity contribution is 0.232. The lowest BCUT2D eigenvalue weighted by atomic mass is 10.3. The van der Waals surface area contributed by atoms with E-state index < -0.39 is 0 Å². The Bertz CT molecular complexity index is 811. The Morgan fingerprint density at radius 1 is 1.26 bits per heavy atom. The van der Waals surface area contributed by atoms with Gasteiger partial charge < -0.3 is 15.8 Å². The summed E-state index contributed by atoms with van der Waals surface area (Å²) in [5.41, 5.74) is 7.62. The normalized spacial score (nSPS) is 11.1. The highest BCUT2D eigenvalue weighted by Gasteiger charge is 2.09.